The summed E-state index contributed by atoms with van der Waals surface area (Å²) < 4.78 is 0. The molecule has 7 heteroatoms. The van der Waals surface area contributed by atoms with Crippen LogP contribution in [0.3, 0.4) is 0 Å². The molecule has 1 aromatic heterocycles. The Morgan fingerprint density at radius 2 is 2.04 bits per heavy atom. The smallest absolute Gasteiger partial charge is 0.251 e. The first-order valence-electron chi connectivity index (χ1n) is 7.51. The summed E-state index contributed by atoms with van der Waals surface area (Å²) in [6.45, 7) is 1.45. The molecule has 0 aliphatic heterocycles. The van der Waals surface area contributed by atoms with Crippen molar-refractivity contribution < 1.29 is 4.79 Å². The van der Waals surface area contributed by atoms with E-state index in [-0.39, 0.29) is 29.9 Å². The molecular weight excluding hydrogens is 435 g/mol. The maximum Gasteiger partial charge on any atom is 0.251 e. The molecule has 1 aromatic carbocycles. The SMILES string of the molecule is CN=C(NCCc1cccs1)NCc1cccc(C(=O)NC)c1.I. The van der Waals surface area contributed by atoms with E-state index in [9.17, 15) is 4.79 Å². The van der Waals surface area contributed by atoms with Crippen LogP contribution in [-0.4, -0.2) is 32.5 Å². The van der Waals surface area contributed by atoms with Gasteiger partial charge in [0.25, 0.3) is 5.91 Å². The number of aliphatic imine (C=N–C) groups is 1. The molecule has 0 aliphatic carbocycles. The first-order valence-corrected chi connectivity index (χ1v) is 8.39. The van der Waals surface area contributed by atoms with Gasteiger partial charge in [-0.3, -0.25) is 9.79 Å². The summed E-state index contributed by atoms with van der Waals surface area (Å²) in [6.07, 6.45) is 0.977. The van der Waals surface area contributed by atoms with Crippen LogP contribution in [0.5, 0.6) is 0 Å². The minimum absolute atomic E-state index is 0. The Morgan fingerprint density at radius 1 is 1.21 bits per heavy atom. The molecular formula is C17H23IN4OS. The van der Waals surface area contributed by atoms with Crippen LogP contribution >= 0.6 is 35.3 Å². The lowest BCUT2D eigenvalue weighted by Gasteiger charge is -2.12. The van der Waals surface area contributed by atoms with Crippen LogP contribution in [0.15, 0.2) is 46.8 Å². The number of benzene rings is 1. The largest absolute Gasteiger partial charge is 0.356 e. The van der Waals surface area contributed by atoms with Crippen molar-refractivity contribution >= 4 is 47.2 Å². The van der Waals surface area contributed by atoms with Gasteiger partial charge in [-0.1, -0.05) is 18.2 Å². The van der Waals surface area contributed by atoms with Gasteiger partial charge in [-0.25, -0.2) is 0 Å². The summed E-state index contributed by atoms with van der Waals surface area (Å²) >= 11 is 1.76. The van der Waals surface area contributed by atoms with Crippen molar-refractivity contribution in [2.24, 2.45) is 4.99 Å². The van der Waals surface area contributed by atoms with Crippen LogP contribution in [0.2, 0.25) is 0 Å². The first kappa shape index (κ1) is 20.4. The second kappa shape index (κ2) is 11.0. The molecule has 0 radical (unpaired) electrons. The predicted molar refractivity (Wildman–Crippen MR) is 111 cm³/mol. The molecule has 0 unspecified atom stereocenters. The van der Waals surface area contributed by atoms with Gasteiger partial charge >= 0.3 is 0 Å². The number of carbonyl (C=O) groups is 1. The zero-order valence-electron chi connectivity index (χ0n) is 13.8. The molecule has 130 valence electrons. The van der Waals surface area contributed by atoms with Gasteiger partial charge in [0, 0.05) is 37.6 Å². The van der Waals surface area contributed by atoms with Crippen LogP contribution in [0, 0.1) is 0 Å². The molecule has 2 aromatic rings. The van der Waals surface area contributed by atoms with Crippen molar-refractivity contribution in [2.45, 2.75) is 13.0 Å². The van der Waals surface area contributed by atoms with Crippen LogP contribution in [0.25, 0.3) is 0 Å². The fourth-order valence-electron chi connectivity index (χ4n) is 2.13. The summed E-state index contributed by atoms with van der Waals surface area (Å²) in [7, 11) is 3.38. The Hall–Kier alpha value is -1.61. The summed E-state index contributed by atoms with van der Waals surface area (Å²) in [6, 6.07) is 11.7. The summed E-state index contributed by atoms with van der Waals surface area (Å²) in [4.78, 5) is 17.2. The van der Waals surface area contributed by atoms with E-state index in [2.05, 4.69) is 38.5 Å². The Balaban J connectivity index is 0.00000288. The molecule has 0 saturated heterocycles. The number of hydrogen-bond acceptors (Lipinski definition) is 3. The molecule has 0 fully saturated rings. The fraction of sp³-hybridized carbons (Fsp3) is 0.294. The quantitative estimate of drug-likeness (QED) is 0.354. The lowest BCUT2D eigenvalue weighted by molar-refractivity contribution is 0.0963. The van der Waals surface area contributed by atoms with E-state index in [0.29, 0.717) is 12.1 Å². The van der Waals surface area contributed by atoms with E-state index in [1.54, 1.807) is 31.5 Å². The molecule has 0 atom stereocenters. The molecule has 1 amide bonds. The zero-order valence-corrected chi connectivity index (χ0v) is 17.0. The molecule has 1 heterocycles. The number of guanidine groups is 1. The number of hydrogen-bond donors (Lipinski definition) is 3. The van der Waals surface area contributed by atoms with Crippen molar-refractivity contribution in [3.8, 4) is 0 Å². The highest BCUT2D eigenvalue weighted by molar-refractivity contribution is 14.0. The van der Waals surface area contributed by atoms with Gasteiger partial charge in [-0.05, 0) is 35.6 Å². The van der Waals surface area contributed by atoms with E-state index >= 15 is 0 Å². The Morgan fingerprint density at radius 3 is 2.71 bits per heavy atom. The molecule has 3 N–H and O–H groups in total. The van der Waals surface area contributed by atoms with Crippen molar-refractivity contribution in [2.75, 3.05) is 20.6 Å². The second-order valence-corrected chi connectivity index (χ2v) is 5.99. The highest BCUT2D eigenvalue weighted by Gasteiger charge is 2.04. The third-order valence-electron chi connectivity index (χ3n) is 3.34. The van der Waals surface area contributed by atoms with Gasteiger partial charge in [-0.15, -0.1) is 35.3 Å². The average molecular weight is 458 g/mol. The number of halogens is 1. The highest BCUT2D eigenvalue weighted by Crippen LogP contribution is 2.08. The molecule has 5 nitrogen and oxygen atoms in total. The topological polar surface area (TPSA) is 65.5 Å². The summed E-state index contributed by atoms with van der Waals surface area (Å²) in [5.74, 6) is 0.678. The van der Waals surface area contributed by atoms with Crippen LogP contribution in [-0.2, 0) is 13.0 Å². The number of nitrogens with zero attached hydrogens (tertiary/aromatic N) is 1. The number of nitrogens with one attached hydrogen (secondary N) is 3. The van der Waals surface area contributed by atoms with Gasteiger partial charge in [0.05, 0.1) is 0 Å². The van der Waals surface area contributed by atoms with E-state index in [4.69, 9.17) is 0 Å². The minimum Gasteiger partial charge on any atom is -0.356 e. The molecule has 0 spiro atoms. The van der Waals surface area contributed by atoms with E-state index in [1.807, 2.05) is 18.2 Å². The van der Waals surface area contributed by atoms with Crippen molar-refractivity contribution in [1.82, 2.24) is 16.0 Å². The summed E-state index contributed by atoms with van der Waals surface area (Å²) in [5.41, 5.74) is 1.69. The van der Waals surface area contributed by atoms with Gasteiger partial charge in [-0.2, -0.15) is 0 Å². The van der Waals surface area contributed by atoms with E-state index in [1.165, 1.54) is 4.88 Å². The Labute approximate surface area is 164 Å². The number of carbonyl (C=O) groups excluding carboxylic acids is 1. The number of thiophene rings is 1. The average Bonchev–Trinajstić information content (AvgIpc) is 3.10. The van der Waals surface area contributed by atoms with Crippen molar-refractivity contribution in [3.05, 3.63) is 57.8 Å². The van der Waals surface area contributed by atoms with Crippen molar-refractivity contribution in [3.63, 3.8) is 0 Å². The van der Waals surface area contributed by atoms with Gasteiger partial charge in [0.1, 0.15) is 0 Å². The van der Waals surface area contributed by atoms with Crippen LogP contribution in [0.4, 0.5) is 0 Å². The van der Waals surface area contributed by atoms with Gasteiger partial charge in [0.15, 0.2) is 5.96 Å². The van der Waals surface area contributed by atoms with E-state index in [0.717, 1.165) is 24.5 Å². The predicted octanol–water partition coefficient (Wildman–Crippen LogP) is 2.63. The third-order valence-corrected chi connectivity index (χ3v) is 4.28. The molecule has 2 rings (SSSR count). The number of rotatable bonds is 6. The van der Waals surface area contributed by atoms with Crippen LogP contribution < -0.4 is 16.0 Å². The standard InChI is InChI=1S/C17H22N4OS.HI/c1-18-16(22)14-6-3-5-13(11-14)12-21-17(19-2)20-9-8-15-7-4-10-23-15;/h3-7,10-11H,8-9,12H2,1-2H3,(H,18,22)(H2,19,20,21);1H. The summed E-state index contributed by atoms with van der Waals surface area (Å²) in [5, 5.41) is 11.3. The number of amides is 1. The van der Waals surface area contributed by atoms with Gasteiger partial charge < -0.3 is 16.0 Å². The molecule has 0 aliphatic rings. The molecule has 24 heavy (non-hydrogen) atoms. The Bertz CT molecular complexity index is 658. The molecule has 0 bridgehead atoms. The second-order valence-electron chi connectivity index (χ2n) is 4.96. The maximum atomic E-state index is 11.6. The Kier molecular flexibility index (Phi) is 9.39. The van der Waals surface area contributed by atoms with Crippen LogP contribution in [0.1, 0.15) is 20.8 Å². The third kappa shape index (κ3) is 6.48. The van der Waals surface area contributed by atoms with Crippen molar-refractivity contribution in [1.29, 1.82) is 0 Å². The maximum absolute atomic E-state index is 11.6. The minimum atomic E-state index is -0.0784. The van der Waals surface area contributed by atoms with E-state index < -0.39 is 0 Å². The molecule has 0 saturated carbocycles. The normalized spacial score (nSPS) is 10.7. The monoisotopic (exact) mass is 458 g/mol. The zero-order chi connectivity index (χ0) is 16.5. The highest BCUT2D eigenvalue weighted by atomic mass is 127. The fourth-order valence-corrected chi connectivity index (χ4v) is 2.84. The first-order chi connectivity index (χ1) is 11.2. The van der Waals surface area contributed by atoms with Gasteiger partial charge in [0.2, 0.25) is 0 Å². The lowest BCUT2D eigenvalue weighted by Crippen LogP contribution is -2.37. The lowest BCUT2D eigenvalue weighted by atomic mass is 10.1.